The lowest BCUT2D eigenvalue weighted by Crippen LogP contribution is -2.12. The van der Waals surface area contributed by atoms with Crippen LogP contribution in [0.4, 0.5) is 5.69 Å². The van der Waals surface area contributed by atoms with Crippen LogP contribution in [0.2, 0.25) is 5.02 Å². The molecule has 0 fully saturated rings. The van der Waals surface area contributed by atoms with Gasteiger partial charge in [-0.2, -0.15) is 0 Å². The van der Waals surface area contributed by atoms with Gasteiger partial charge in [-0.05, 0) is 48.5 Å². The Morgan fingerprint density at radius 3 is 2.19 bits per heavy atom. The molecule has 3 aromatic rings. The molecule has 0 atom stereocenters. The van der Waals surface area contributed by atoms with Crippen LogP contribution in [0.15, 0.2) is 88.7 Å². The topological polar surface area (TPSA) is 63.2 Å². The van der Waals surface area contributed by atoms with E-state index < -0.39 is 10.0 Å². The van der Waals surface area contributed by atoms with Gasteiger partial charge in [0.1, 0.15) is 0 Å². The molecule has 138 valence electrons. The predicted molar refractivity (Wildman–Crippen MR) is 110 cm³/mol. The molecular formula is C20H16ClNO3S2. The smallest absolute Gasteiger partial charge is 0.261 e. The lowest BCUT2D eigenvalue weighted by atomic mass is 10.1. The van der Waals surface area contributed by atoms with Crippen molar-refractivity contribution in [2.45, 2.75) is 9.79 Å². The Bertz CT molecular complexity index is 1040. The van der Waals surface area contributed by atoms with Crippen LogP contribution in [0, 0.1) is 0 Å². The minimum absolute atomic E-state index is 0.0561. The highest BCUT2D eigenvalue weighted by Crippen LogP contribution is 2.24. The number of carbonyl (C=O) groups excluding carboxylic acids is 1. The molecule has 1 N–H and O–H groups in total. The number of ketones is 1. The first-order valence-electron chi connectivity index (χ1n) is 8.04. The minimum atomic E-state index is -3.62. The summed E-state index contributed by atoms with van der Waals surface area (Å²) >= 11 is 7.41. The van der Waals surface area contributed by atoms with Crippen LogP contribution in [0.1, 0.15) is 10.4 Å². The molecule has 0 unspecified atom stereocenters. The molecule has 3 rings (SSSR count). The van der Waals surface area contributed by atoms with Crippen molar-refractivity contribution in [3.8, 4) is 0 Å². The molecule has 0 spiro atoms. The Hall–Kier alpha value is -2.28. The zero-order valence-corrected chi connectivity index (χ0v) is 16.5. The molecule has 0 aliphatic heterocycles. The maximum atomic E-state index is 12.3. The molecule has 27 heavy (non-hydrogen) atoms. The van der Waals surface area contributed by atoms with E-state index in [0.717, 1.165) is 4.90 Å². The fourth-order valence-electron chi connectivity index (χ4n) is 2.35. The standard InChI is InChI=1S/C20H16ClNO3S2/c21-19-9-5-4-8-18(19)20(23)14-26-16-12-10-15(11-13-16)22-27(24,25)17-6-2-1-3-7-17/h1-13,22H,14H2. The van der Waals surface area contributed by atoms with Crippen LogP contribution >= 0.6 is 23.4 Å². The molecule has 0 amide bonds. The predicted octanol–water partition coefficient (Wildman–Crippen LogP) is 5.12. The van der Waals surface area contributed by atoms with Gasteiger partial charge in [0.25, 0.3) is 10.0 Å². The van der Waals surface area contributed by atoms with Gasteiger partial charge in [-0.15, -0.1) is 11.8 Å². The van der Waals surface area contributed by atoms with Crippen molar-refractivity contribution in [1.82, 2.24) is 0 Å². The zero-order chi connectivity index (χ0) is 19.3. The Labute approximate surface area is 167 Å². The normalized spacial score (nSPS) is 11.1. The first-order valence-corrected chi connectivity index (χ1v) is 10.9. The van der Waals surface area contributed by atoms with Crippen molar-refractivity contribution < 1.29 is 13.2 Å². The number of Topliss-reactive ketones (excluding diaryl/α,β-unsaturated/α-hetero) is 1. The number of thioether (sulfide) groups is 1. The van der Waals surface area contributed by atoms with Gasteiger partial charge >= 0.3 is 0 Å². The van der Waals surface area contributed by atoms with Gasteiger partial charge < -0.3 is 0 Å². The number of nitrogens with one attached hydrogen (secondary N) is 1. The first kappa shape index (κ1) is 19.5. The third kappa shape index (κ3) is 5.13. The van der Waals surface area contributed by atoms with E-state index in [0.29, 0.717) is 16.3 Å². The van der Waals surface area contributed by atoms with E-state index in [-0.39, 0.29) is 16.4 Å². The van der Waals surface area contributed by atoms with Crippen molar-refractivity contribution in [2.75, 3.05) is 10.5 Å². The molecule has 0 saturated carbocycles. The molecule has 0 bridgehead atoms. The molecule has 3 aromatic carbocycles. The van der Waals surface area contributed by atoms with E-state index in [2.05, 4.69) is 4.72 Å². The van der Waals surface area contributed by atoms with Gasteiger partial charge in [0.2, 0.25) is 0 Å². The highest BCUT2D eigenvalue weighted by Gasteiger charge is 2.14. The van der Waals surface area contributed by atoms with Gasteiger partial charge in [0.05, 0.1) is 15.7 Å². The van der Waals surface area contributed by atoms with Gasteiger partial charge in [-0.25, -0.2) is 8.42 Å². The maximum Gasteiger partial charge on any atom is 0.261 e. The van der Waals surface area contributed by atoms with E-state index in [1.807, 2.05) is 0 Å². The first-order chi connectivity index (χ1) is 13.0. The summed E-state index contributed by atoms with van der Waals surface area (Å²) < 4.78 is 27.2. The molecular weight excluding hydrogens is 402 g/mol. The average molecular weight is 418 g/mol. The van der Waals surface area contributed by atoms with Crippen molar-refractivity contribution in [1.29, 1.82) is 0 Å². The van der Waals surface area contributed by atoms with Crippen LogP contribution in [-0.2, 0) is 10.0 Å². The van der Waals surface area contributed by atoms with Gasteiger partial charge in [0.15, 0.2) is 5.78 Å². The van der Waals surface area contributed by atoms with E-state index in [1.54, 1.807) is 66.7 Å². The minimum Gasteiger partial charge on any atom is -0.293 e. The highest BCUT2D eigenvalue weighted by atomic mass is 35.5. The molecule has 0 aliphatic rings. The monoisotopic (exact) mass is 417 g/mol. The molecule has 0 radical (unpaired) electrons. The quantitative estimate of drug-likeness (QED) is 0.428. The van der Waals surface area contributed by atoms with Crippen molar-refractivity contribution >= 4 is 44.9 Å². The highest BCUT2D eigenvalue weighted by molar-refractivity contribution is 8.00. The van der Waals surface area contributed by atoms with E-state index in [1.165, 1.54) is 23.9 Å². The largest absolute Gasteiger partial charge is 0.293 e. The second kappa shape index (κ2) is 8.61. The Morgan fingerprint density at radius 1 is 0.889 bits per heavy atom. The van der Waals surface area contributed by atoms with Crippen LogP contribution < -0.4 is 4.72 Å². The lowest BCUT2D eigenvalue weighted by Gasteiger charge is -2.09. The maximum absolute atomic E-state index is 12.3. The molecule has 4 nitrogen and oxygen atoms in total. The summed E-state index contributed by atoms with van der Waals surface area (Å²) in [7, 11) is -3.62. The Kier molecular flexibility index (Phi) is 6.21. The summed E-state index contributed by atoms with van der Waals surface area (Å²) in [5.74, 6) is 0.193. The number of hydrogen-bond donors (Lipinski definition) is 1. The summed E-state index contributed by atoms with van der Waals surface area (Å²) in [6, 6.07) is 22.0. The fraction of sp³-hybridized carbons (Fsp3) is 0.0500. The third-order valence-electron chi connectivity index (χ3n) is 3.70. The molecule has 0 aromatic heterocycles. The Balaban J connectivity index is 1.62. The van der Waals surface area contributed by atoms with E-state index in [4.69, 9.17) is 11.6 Å². The van der Waals surface area contributed by atoms with Crippen molar-refractivity contribution in [3.63, 3.8) is 0 Å². The average Bonchev–Trinajstić information content (AvgIpc) is 2.68. The summed E-state index contributed by atoms with van der Waals surface area (Å²) in [4.78, 5) is 13.3. The number of sulfonamides is 1. The number of benzene rings is 3. The number of halogens is 1. The molecule has 0 heterocycles. The summed E-state index contributed by atoms with van der Waals surface area (Å²) in [5, 5.41) is 0.439. The number of hydrogen-bond acceptors (Lipinski definition) is 4. The Morgan fingerprint density at radius 2 is 1.52 bits per heavy atom. The van der Waals surface area contributed by atoms with Crippen LogP contribution in [0.5, 0.6) is 0 Å². The lowest BCUT2D eigenvalue weighted by molar-refractivity contribution is 0.102. The van der Waals surface area contributed by atoms with Crippen molar-refractivity contribution in [3.05, 3.63) is 89.4 Å². The second-order valence-corrected chi connectivity index (χ2v) is 8.77. The van der Waals surface area contributed by atoms with Crippen molar-refractivity contribution in [2.24, 2.45) is 0 Å². The summed E-state index contributed by atoms with van der Waals surface area (Å²) in [6.07, 6.45) is 0. The fourth-order valence-corrected chi connectivity index (χ4v) is 4.45. The van der Waals surface area contributed by atoms with Crippen LogP contribution in [0.3, 0.4) is 0 Å². The molecule has 0 saturated heterocycles. The van der Waals surface area contributed by atoms with Gasteiger partial charge in [-0.1, -0.05) is 41.9 Å². The van der Waals surface area contributed by atoms with E-state index >= 15 is 0 Å². The number of anilines is 1. The summed E-state index contributed by atoms with van der Waals surface area (Å²) in [6.45, 7) is 0. The third-order valence-corrected chi connectivity index (χ3v) is 6.44. The van der Waals surface area contributed by atoms with Gasteiger partial charge in [0, 0.05) is 16.1 Å². The SMILES string of the molecule is O=C(CSc1ccc(NS(=O)(=O)c2ccccc2)cc1)c1ccccc1Cl. The molecule has 7 heteroatoms. The van der Waals surface area contributed by atoms with Crippen LogP contribution in [-0.4, -0.2) is 20.0 Å². The van der Waals surface area contributed by atoms with Crippen LogP contribution in [0.25, 0.3) is 0 Å². The van der Waals surface area contributed by atoms with Gasteiger partial charge in [-0.3, -0.25) is 9.52 Å². The summed E-state index contributed by atoms with van der Waals surface area (Å²) in [5.41, 5.74) is 0.958. The zero-order valence-electron chi connectivity index (χ0n) is 14.1. The number of rotatable bonds is 7. The second-order valence-electron chi connectivity index (χ2n) is 5.63. The molecule has 0 aliphatic carbocycles. The van der Waals surface area contributed by atoms with E-state index in [9.17, 15) is 13.2 Å². The number of carbonyl (C=O) groups is 1.